The van der Waals surface area contributed by atoms with Crippen molar-refractivity contribution in [3.8, 4) is 0 Å². The Kier molecular flexibility index (Phi) is 4.22. The van der Waals surface area contributed by atoms with E-state index in [2.05, 4.69) is 48.5 Å². The molecule has 0 saturated heterocycles. The Labute approximate surface area is 123 Å². The molecule has 2 rings (SSSR count). The number of benzene rings is 1. The quantitative estimate of drug-likeness (QED) is 0.866. The van der Waals surface area contributed by atoms with Gasteiger partial charge >= 0.3 is 0 Å². The number of aryl methyl sites for hydroxylation is 1. The van der Waals surface area contributed by atoms with Crippen LogP contribution in [0.2, 0.25) is 0 Å². The summed E-state index contributed by atoms with van der Waals surface area (Å²) in [5, 5.41) is 2.11. The molecule has 100 valence electrons. The van der Waals surface area contributed by atoms with Gasteiger partial charge < -0.3 is 10.6 Å². The van der Waals surface area contributed by atoms with Crippen LogP contribution in [0.5, 0.6) is 0 Å². The van der Waals surface area contributed by atoms with Gasteiger partial charge in [-0.15, -0.1) is 11.3 Å². The third-order valence-corrected chi connectivity index (χ3v) is 4.68. The lowest BCUT2D eigenvalue weighted by Crippen LogP contribution is -2.21. The molecule has 0 radical (unpaired) electrons. The molecule has 0 aliphatic heterocycles. The van der Waals surface area contributed by atoms with Gasteiger partial charge in [-0.05, 0) is 49.1 Å². The van der Waals surface area contributed by atoms with Gasteiger partial charge in [-0.25, -0.2) is 0 Å². The van der Waals surface area contributed by atoms with Gasteiger partial charge in [0.25, 0.3) is 0 Å². The van der Waals surface area contributed by atoms with E-state index >= 15 is 0 Å². The van der Waals surface area contributed by atoms with Crippen molar-refractivity contribution >= 4 is 34.2 Å². The van der Waals surface area contributed by atoms with E-state index in [0.717, 1.165) is 11.1 Å². The Morgan fingerprint density at radius 1 is 1.37 bits per heavy atom. The van der Waals surface area contributed by atoms with Gasteiger partial charge in [0.15, 0.2) is 0 Å². The molecule has 2 nitrogen and oxygen atoms in total. The summed E-state index contributed by atoms with van der Waals surface area (Å²) < 4.78 is 0. The van der Waals surface area contributed by atoms with Crippen molar-refractivity contribution in [2.45, 2.75) is 19.9 Å². The summed E-state index contributed by atoms with van der Waals surface area (Å²) in [6.07, 6.45) is 0. The summed E-state index contributed by atoms with van der Waals surface area (Å²) in [5.74, 6) is 0. The van der Waals surface area contributed by atoms with Crippen molar-refractivity contribution in [3.63, 3.8) is 0 Å². The summed E-state index contributed by atoms with van der Waals surface area (Å²) in [6.45, 7) is 4.25. The Bertz CT molecular complexity index is 576. The Morgan fingerprint density at radius 2 is 2.11 bits per heavy atom. The minimum atomic E-state index is 0.357. The first-order chi connectivity index (χ1) is 9.00. The summed E-state index contributed by atoms with van der Waals surface area (Å²) in [7, 11) is 2.11. The number of nitrogens with two attached hydrogens (primary N) is 1. The molecule has 1 aromatic heterocycles. The van der Waals surface area contributed by atoms with Crippen molar-refractivity contribution in [2.24, 2.45) is 5.73 Å². The molecule has 0 amide bonds. The molecule has 1 unspecified atom stereocenters. The number of thiocarbonyl (C=S) groups is 1. The van der Waals surface area contributed by atoms with Gasteiger partial charge in [0, 0.05) is 23.2 Å². The first-order valence-corrected chi connectivity index (χ1v) is 7.46. The topological polar surface area (TPSA) is 29.3 Å². The van der Waals surface area contributed by atoms with E-state index in [1.54, 1.807) is 11.3 Å². The summed E-state index contributed by atoms with van der Waals surface area (Å²) in [4.78, 5) is 4.08. The summed E-state index contributed by atoms with van der Waals surface area (Å²) in [5.41, 5.74) is 8.95. The van der Waals surface area contributed by atoms with Gasteiger partial charge in [0.1, 0.15) is 4.99 Å². The highest BCUT2D eigenvalue weighted by molar-refractivity contribution is 7.80. The minimum absolute atomic E-state index is 0.357. The molecular formula is C15H18N2S2. The van der Waals surface area contributed by atoms with Gasteiger partial charge in [0.2, 0.25) is 0 Å². The normalized spacial score (nSPS) is 12.2. The van der Waals surface area contributed by atoms with E-state index in [1.807, 2.05) is 13.0 Å². The van der Waals surface area contributed by atoms with Crippen LogP contribution in [0.1, 0.15) is 29.0 Å². The molecule has 0 bridgehead atoms. The SMILES string of the molecule is Cc1cc(N(C)C(C)c2cccs2)ccc1C(N)=S. The first kappa shape index (κ1) is 14.0. The van der Waals surface area contributed by atoms with E-state index in [9.17, 15) is 0 Å². The molecule has 0 spiro atoms. The lowest BCUT2D eigenvalue weighted by Gasteiger charge is -2.27. The zero-order valence-electron chi connectivity index (χ0n) is 11.4. The first-order valence-electron chi connectivity index (χ1n) is 6.17. The van der Waals surface area contributed by atoms with Crippen LogP contribution in [0, 0.1) is 6.92 Å². The van der Waals surface area contributed by atoms with Crippen LogP contribution in [0.25, 0.3) is 0 Å². The molecule has 4 heteroatoms. The van der Waals surface area contributed by atoms with E-state index in [0.29, 0.717) is 11.0 Å². The second kappa shape index (κ2) is 5.72. The van der Waals surface area contributed by atoms with Crippen molar-refractivity contribution in [1.29, 1.82) is 0 Å². The van der Waals surface area contributed by atoms with Gasteiger partial charge in [-0.2, -0.15) is 0 Å². The number of thiophene rings is 1. The Balaban J connectivity index is 2.27. The maximum absolute atomic E-state index is 5.70. The Hall–Kier alpha value is -1.39. The van der Waals surface area contributed by atoms with E-state index in [1.165, 1.54) is 10.6 Å². The maximum atomic E-state index is 5.70. The second-order valence-corrected chi connectivity index (χ2v) is 6.08. The van der Waals surface area contributed by atoms with E-state index in [4.69, 9.17) is 18.0 Å². The highest BCUT2D eigenvalue weighted by Crippen LogP contribution is 2.29. The van der Waals surface area contributed by atoms with Crippen molar-refractivity contribution in [3.05, 3.63) is 51.7 Å². The van der Waals surface area contributed by atoms with Gasteiger partial charge in [0.05, 0.1) is 6.04 Å². The van der Waals surface area contributed by atoms with Crippen LogP contribution in [0.15, 0.2) is 35.7 Å². The molecule has 2 aromatic rings. The highest BCUT2D eigenvalue weighted by Gasteiger charge is 2.14. The number of hydrogen-bond acceptors (Lipinski definition) is 3. The third-order valence-electron chi connectivity index (χ3n) is 3.42. The molecule has 0 aliphatic carbocycles. The predicted octanol–water partition coefficient (Wildman–Crippen LogP) is 3.89. The standard InChI is InChI=1S/C15H18N2S2/c1-10-9-12(6-7-13(10)15(16)18)17(3)11(2)14-5-4-8-19-14/h4-9,11H,1-3H3,(H2,16,18). The summed E-state index contributed by atoms with van der Waals surface area (Å²) in [6, 6.07) is 10.8. The Morgan fingerprint density at radius 3 is 2.63 bits per heavy atom. The van der Waals surface area contributed by atoms with Gasteiger partial charge in [-0.1, -0.05) is 18.3 Å². The fourth-order valence-corrected chi connectivity index (χ4v) is 3.14. The smallest absolute Gasteiger partial charge is 0.104 e. The van der Waals surface area contributed by atoms with Crippen molar-refractivity contribution in [1.82, 2.24) is 0 Å². The largest absolute Gasteiger partial charge is 0.389 e. The third kappa shape index (κ3) is 2.96. The number of hydrogen-bond donors (Lipinski definition) is 1. The monoisotopic (exact) mass is 290 g/mol. The minimum Gasteiger partial charge on any atom is -0.389 e. The predicted molar refractivity (Wildman–Crippen MR) is 88.2 cm³/mol. The molecule has 1 atom stereocenters. The zero-order valence-corrected chi connectivity index (χ0v) is 13.0. The molecular weight excluding hydrogens is 272 g/mol. The lowest BCUT2D eigenvalue weighted by atomic mass is 10.1. The van der Waals surface area contributed by atoms with Gasteiger partial charge in [-0.3, -0.25) is 0 Å². The average Bonchev–Trinajstić information content (AvgIpc) is 2.90. The maximum Gasteiger partial charge on any atom is 0.104 e. The fourth-order valence-electron chi connectivity index (χ4n) is 2.09. The number of anilines is 1. The molecule has 1 heterocycles. The fraction of sp³-hybridized carbons (Fsp3) is 0.267. The van der Waals surface area contributed by atoms with Crippen LogP contribution in [-0.2, 0) is 0 Å². The van der Waals surface area contributed by atoms with Crippen molar-refractivity contribution in [2.75, 3.05) is 11.9 Å². The van der Waals surface area contributed by atoms with Crippen molar-refractivity contribution < 1.29 is 0 Å². The number of rotatable bonds is 4. The van der Waals surface area contributed by atoms with E-state index in [-0.39, 0.29) is 0 Å². The van der Waals surface area contributed by atoms with Crippen LogP contribution in [0.4, 0.5) is 5.69 Å². The highest BCUT2D eigenvalue weighted by atomic mass is 32.1. The molecule has 0 fully saturated rings. The van der Waals surface area contributed by atoms with Crippen LogP contribution < -0.4 is 10.6 Å². The summed E-state index contributed by atoms with van der Waals surface area (Å²) >= 11 is 6.82. The van der Waals surface area contributed by atoms with E-state index < -0.39 is 0 Å². The lowest BCUT2D eigenvalue weighted by molar-refractivity contribution is 0.754. The molecule has 19 heavy (non-hydrogen) atoms. The molecule has 0 aliphatic rings. The second-order valence-electron chi connectivity index (χ2n) is 4.67. The zero-order chi connectivity index (χ0) is 14.0. The van der Waals surface area contributed by atoms with Crippen LogP contribution >= 0.6 is 23.6 Å². The van der Waals surface area contributed by atoms with Crippen LogP contribution in [0.3, 0.4) is 0 Å². The van der Waals surface area contributed by atoms with Crippen LogP contribution in [-0.4, -0.2) is 12.0 Å². The average molecular weight is 290 g/mol. The molecule has 0 saturated carbocycles. The number of nitrogens with zero attached hydrogens (tertiary/aromatic N) is 1. The molecule has 2 N–H and O–H groups in total. The molecule has 1 aromatic carbocycles.